The van der Waals surface area contributed by atoms with E-state index in [9.17, 15) is 0 Å². The molecule has 2 aromatic rings. The van der Waals surface area contributed by atoms with Gasteiger partial charge in [-0.25, -0.2) is 0 Å². The van der Waals surface area contributed by atoms with Crippen LogP contribution in [0.2, 0.25) is 0 Å². The van der Waals surface area contributed by atoms with Crippen LogP contribution in [0.25, 0.3) is 0 Å². The molecule has 0 aromatic carbocycles. The van der Waals surface area contributed by atoms with Gasteiger partial charge >= 0.3 is 0 Å². The van der Waals surface area contributed by atoms with E-state index in [1.807, 2.05) is 23.9 Å². The number of nitrogens with two attached hydrogens (primary N) is 1. The number of rotatable bonds is 6. The van der Waals surface area contributed by atoms with Gasteiger partial charge in [-0.1, -0.05) is 20.3 Å². The maximum absolute atomic E-state index is 5.76. The maximum atomic E-state index is 5.76. The smallest absolute Gasteiger partial charge is 0.221 e. The largest absolute Gasteiger partial charge is 0.368 e. The summed E-state index contributed by atoms with van der Waals surface area (Å²) in [7, 11) is 1.93. The fraction of sp³-hybridized carbons (Fsp3) is 0.571. The minimum absolute atomic E-state index is 0.370. The highest BCUT2D eigenvalue weighted by molar-refractivity contribution is 5.18. The highest BCUT2D eigenvalue weighted by atomic mass is 15.3. The molecule has 104 valence electrons. The molecule has 0 bridgehead atoms. The van der Waals surface area contributed by atoms with E-state index in [1.54, 1.807) is 0 Å². The summed E-state index contributed by atoms with van der Waals surface area (Å²) in [6, 6.07) is 4.18. The Morgan fingerprint density at radius 2 is 2.21 bits per heavy atom. The van der Waals surface area contributed by atoms with Crippen LogP contribution in [-0.4, -0.2) is 19.7 Å². The number of aryl methyl sites for hydroxylation is 1. The molecule has 0 saturated heterocycles. The zero-order valence-corrected chi connectivity index (χ0v) is 11.9. The molecule has 2 aromatic heterocycles. The van der Waals surface area contributed by atoms with Gasteiger partial charge < -0.3 is 15.3 Å². The Kier molecular flexibility index (Phi) is 4.24. The topological polar surface area (TPSA) is 72.5 Å². The van der Waals surface area contributed by atoms with Gasteiger partial charge in [0.2, 0.25) is 5.95 Å². The van der Waals surface area contributed by atoms with Crippen molar-refractivity contribution in [3.05, 3.63) is 29.8 Å². The lowest BCUT2D eigenvalue weighted by Crippen LogP contribution is -2.15. The molecule has 2 atom stereocenters. The van der Waals surface area contributed by atoms with Crippen LogP contribution in [0.15, 0.2) is 18.3 Å². The first kappa shape index (κ1) is 13.6. The van der Waals surface area contributed by atoms with Crippen LogP contribution in [0.4, 0.5) is 5.95 Å². The van der Waals surface area contributed by atoms with E-state index in [1.165, 1.54) is 5.69 Å². The van der Waals surface area contributed by atoms with Crippen LogP contribution in [0.3, 0.4) is 0 Å². The summed E-state index contributed by atoms with van der Waals surface area (Å²) in [5, 5.41) is 8.16. The molecule has 0 spiro atoms. The van der Waals surface area contributed by atoms with Gasteiger partial charge in [-0.3, -0.25) is 0 Å². The zero-order valence-electron chi connectivity index (χ0n) is 11.9. The fourth-order valence-electron chi connectivity index (χ4n) is 2.63. The summed E-state index contributed by atoms with van der Waals surface area (Å²) in [6.07, 6.45) is 5.33. The molecule has 0 aliphatic heterocycles. The molecule has 2 unspecified atom stereocenters. The van der Waals surface area contributed by atoms with Crippen molar-refractivity contribution >= 4 is 5.95 Å². The molecule has 0 aliphatic rings. The lowest BCUT2D eigenvalue weighted by molar-refractivity contribution is 0.383. The summed E-state index contributed by atoms with van der Waals surface area (Å²) in [5.41, 5.74) is 7.05. The van der Waals surface area contributed by atoms with Crippen molar-refractivity contribution in [3.63, 3.8) is 0 Å². The highest BCUT2D eigenvalue weighted by Gasteiger charge is 2.22. The van der Waals surface area contributed by atoms with Crippen molar-refractivity contribution < 1.29 is 0 Å². The van der Waals surface area contributed by atoms with Crippen molar-refractivity contribution in [3.8, 4) is 0 Å². The van der Waals surface area contributed by atoms with Crippen LogP contribution < -0.4 is 5.73 Å². The van der Waals surface area contributed by atoms with E-state index in [4.69, 9.17) is 5.73 Å². The molecule has 0 radical (unpaired) electrons. The number of nitrogens with zero attached hydrogens (tertiary/aromatic N) is 3. The van der Waals surface area contributed by atoms with Crippen molar-refractivity contribution in [2.45, 2.75) is 39.0 Å². The molecular weight excluding hydrogens is 238 g/mol. The van der Waals surface area contributed by atoms with E-state index in [0.29, 0.717) is 17.8 Å². The number of anilines is 1. The van der Waals surface area contributed by atoms with Gasteiger partial charge in [0.15, 0.2) is 0 Å². The van der Waals surface area contributed by atoms with Gasteiger partial charge in [-0.2, -0.15) is 0 Å². The summed E-state index contributed by atoms with van der Waals surface area (Å²) in [6.45, 7) is 4.45. The first-order valence-corrected chi connectivity index (χ1v) is 6.90. The quantitative estimate of drug-likeness (QED) is 0.839. The molecule has 0 fully saturated rings. The lowest BCUT2D eigenvalue weighted by atomic mass is 9.86. The Bertz CT molecular complexity index is 500. The van der Waals surface area contributed by atoms with Gasteiger partial charge in [0.1, 0.15) is 5.82 Å². The summed E-state index contributed by atoms with van der Waals surface area (Å²) in [5.74, 6) is 2.43. The Labute approximate surface area is 114 Å². The average molecular weight is 261 g/mol. The summed E-state index contributed by atoms with van der Waals surface area (Å²) >= 11 is 0. The number of hydrogen-bond donors (Lipinski definition) is 2. The molecule has 2 heterocycles. The molecule has 0 amide bonds. The monoisotopic (exact) mass is 261 g/mol. The molecule has 0 aliphatic carbocycles. The lowest BCUT2D eigenvalue weighted by Gasteiger charge is -2.21. The maximum Gasteiger partial charge on any atom is 0.221 e. The Hall–Kier alpha value is -1.78. The molecule has 5 heteroatoms. The molecule has 19 heavy (non-hydrogen) atoms. The number of aromatic nitrogens is 4. The summed E-state index contributed by atoms with van der Waals surface area (Å²) < 4.78 is 1.89. The SMILES string of the molecule is CCC(CCc1ccc[nH]1)C(C)c1nnc(N)n1C. The molecule has 2 rings (SSSR count). The summed E-state index contributed by atoms with van der Waals surface area (Å²) in [4.78, 5) is 3.26. The highest BCUT2D eigenvalue weighted by Crippen LogP contribution is 2.29. The fourth-order valence-corrected chi connectivity index (χ4v) is 2.63. The van der Waals surface area contributed by atoms with Gasteiger partial charge in [0.05, 0.1) is 0 Å². The van der Waals surface area contributed by atoms with Crippen molar-refractivity contribution in [1.29, 1.82) is 0 Å². The van der Waals surface area contributed by atoms with Crippen molar-refractivity contribution in [2.24, 2.45) is 13.0 Å². The molecule has 5 nitrogen and oxygen atoms in total. The predicted molar refractivity (Wildman–Crippen MR) is 76.7 cm³/mol. The second-order valence-corrected chi connectivity index (χ2v) is 5.17. The van der Waals surface area contributed by atoms with Crippen LogP contribution >= 0.6 is 0 Å². The minimum Gasteiger partial charge on any atom is -0.368 e. The number of H-pyrrole nitrogens is 1. The van der Waals surface area contributed by atoms with Gasteiger partial charge in [0, 0.05) is 24.9 Å². The number of nitrogens with one attached hydrogen (secondary N) is 1. The van der Waals surface area contributed by atoms with Gasteiger partial charge in [0.25, 0.3) is 0 Å². The van der Waals surface area contributed by atoms with Crippen LogP contribution in [0, 0.1) is 5.92 Å². The van der Waals surface area contributed by atoms with Crippen LogP contribution in [-0.2, 0) is 13.5 Å². The first-order chi connectivity index (χ1) is 9.13. The van der Waals surface area contributed by atoms with Crippen LogP contribution in [0.5, 0.6) is 0 Å². The van der Waals surface area contributed by atoms with Gasteiger partial charge in [-0.15, -0.1) is 10.2 Å². The predicted octanol–water partition coefficient (Wildman–Crippen LogP) is 2.49. The van der Waals surface area contributed by atoms with Crippen molar-refractivity contribution in [1.82, 2.24) is 19.7 Å². The number of aromatic amines is 1. The molecular formula is C14H23N5. The number of hydrogen-bond acceptors (Lipinski definition) is 3. The van der Waals surface area contributed by atoms with Crippen LogP contribution in [0.1, 0.15) is 44.1 Å². The Morgan fingerprint density at radius 3 is 2.74 bits per heavy atom. The van der Waals surface area contributed by atoms with E-state index in [-0.39, 0.29) is 0 Å². The van der Waals surface area contributed by atoms with Crippen molar-refractivity contribution in [2.75, 3.05) is 5.73 Å². The van der Waals surface area contributed by atoms with E-state index >= 15 is 0 Å². The second kappa shape index (κ2) is 5.91. The minimum atomic E-state index is 0.370. The zero-order chi connectivity index (χ0) is 13.8. The average Bonchev–Trinajstić information content (AvgIpc) is 3.02. The van der Waals surface area contributed by atoms with E-state index in [2.05, 4.69) is 35.1 Å². The first-order valence-electron chi connectivity index (χ1n) is 6.90. The third-order valence-corrected chi connectivity index (χ3v) is 4.03. The second-order valence-electron chi connectivity index (χ2n) is 5.17. The normalized spacial score (nSPS) is 14.5. The third kappa shape index (κ3) is 2.97. The van der Waals surface area contributed by atoms with E-state index < -0.39 is 0 Å². The Balaban J connectivity index is 2.02. The standard InChI is InChI=1S/C14H23N5/c1-4-11(7-8-12-6-5-9-16-12)10(2)13-17-18-14(15)19(13)3/h5-6,9-11,16H,4,7-8H2,1-3H3,(H2,15,18). The molecule has 3 N–H and O–H groups in total. The number of nitrogen functional groups attached to an aromatic ring is 1. The molecule has 0 saturated carbocycles. The van der Waals surface area contributed by atoms with Gasteiger partial charge in [-0.05, 0) is 30.9 Å². The van der Waals surface area contributed by atoms with E-state index in [0.717, 1.165) is 25.1 Å². The third-order valence-electron chi connectivity index (χ3n) is 4.03. The Morgan fingerprint density at radius 1 is 1.42 bits per heavy atom.